The van der Waals surface area contributed by atoms with Crippen molar-refractivity contribution in [3.05, 3.63) is 18.2 Å². The van der Waals surface area contributed by atoms with Gasteiger partial charge in [0, 0.05) is 24.3 Å². The van der Waals surface area contributed by atoms with Gasteiger partial charge in [0.05, 0.1) is 20.3 Å². The molecular weight excluding hydrogens is 330 g/mol. The summed E-state index contributed by atoms with van der Waals surface area (Å²) in [7, 11) is 5.15. The van der Waals surface area contributed by atoms with Crippen LogP contribution in [-0.2, 0) is 4.79 Å². The third kappa shape index (κ3) is 5.00. The molecule has 1 amide bonds. The zero-order chi connectivity index (χ0) is 16.8. The summed E-state index contributed by atoms with van der Waals surface area (Å²) in [5, 5.41) is 6.26. The van der Waals surface area contributed by atoms with Gasteiger partial charge in [0.1, 0.15) is 0 Å². The van der Waals surface area contributed by atoms with Crippen LogP contribution in [0.15, 0.2) is 18.2 Å². The lowest BCUT2D eigenvalue weighted by molar-refractivity contribution is -0.121. The van der Waals surface area contributed by atoms with Crippen molar-refractivity contribution >= 4 is 24.0 Å². The molecule has 0 saturated carbocycles. The Kier molecular flexibility index (Phi) is 8.31. The smallest absolute Gasteiger partial charge is 0.241 e. The van der Waals surface area contributed by atoms with E-state index < -0.39 is 0 Å². The molecule has 2 atom stereocenters. The average Bonchev–Trinajstić information content (AvgIpc) is 2.60. The van der Waals surface area contributed by atoms with Crippen LogP contribution in [0.4, 0.5) is 5.69 Å². The van der Waals surface area contributed by atoms with Crippen molar-refractivity contribution < 1.29 is 14.3 Å². The molecular formula is C17H28ClN3O3. The van der Waals surface area contributed by atoms with Crippen molar-refractivity contribution in [2.45, 2.75) is 31.8 Å². The fourth-order valence-corrected chi connectivity index (χ4v) is 2.92. The minimum atomic E-state index is -0.167. The Morgan fingerprint density at radius 2 is 2.00 bits per heavy atom. The Bertz CT molecular complexity index is 542. The third-order valence-corrected chi connectivity index (χ3v) is 4.44. The summed E-state index contributed by atoms with van der Waals surface area (Å²) in [6, 6.07) is 5.67. The van der Waals surface area contributed by atoms with E-state index in [0.29, 0.717) is 23.2 Å². The van der Waals surface area contributed by atoms with Gasteiger partial charge in [-0.1, -0.05) is 0 Å². The van der Waals surface area contributed by atoms with Gasteiger partial charge in [-0.3, -0.25) is 9.69 Å². The molecule has 1 aliphatic rings. The van der Waals surface area contributed by atoms with Crippen molar-refractivity contribution in [3.63, 3.8) is 0 Å². The molecule has 0 aromatic heterocycles. The van der Waals surface area contributed by atoms with Gasteiger partial charge in [0.25, 0.3) is 0 Å². The maximum Gasteiger partial charge on any atom is 0.241 e. The van der Waals surface area contributed by atoms with Crippen LogP contribution in [0.5, 0.6) is 11.5 Å². The molecule has 0 spiro atoms. The molecule has 1 aromatic rings. The Morgan fingerprint density at radius 1 is 1.29 bits per heavy atom. The predicted octanol–water partition coefficient (Wildman–Crippen LogP) is 2.14. The van der Waals surface area contributed by atoms with E-state index >= 15 is 0 Å². The second kappa shape index (κ2) is 9.71. The van der Waals surface area contributed by atoms with E-state index in [1.807, 2.05) is 20.0 Å². The van der Waals surface area contributed by atoms with E-state index in [9.17, 15) is 4.79 Å². The summed E-state index contributed by atoms with van der Waals surface area (Å²) in [4.78, 5) is 14.7. The number of anilines is 1. The first-order chi connectivity index (χ1) is 11.1. The van der Waals surface area contributed by atoms with Crippen LogP contribution in [0.25, 0.3) is 0 Å². The zero-order valence-corrected chi connectivity index (χ0v) is 15.6. The number of amides is 1. The highest BCUT2D eigenvalue weighted by molar-refractivity contribution is 5.94. The van der Waals surface area contributed by atoms with E-state index in [2.05, 4.69) is 15.5 Å². The summed E-state index contributed by atoms with van der Waals surface area (Å²) < 4.78 is 10.5. The number of likely N-dealkylation sites (tertiary alicyclic amines) is 1. The number of methoxy groups -OCH3 is 2. The summed E-state index contributed by atoms with van der Waals surface area (Å²) >= 11 is 0. The molecule has 1 fully saturated rings. The minimum absolute atomic E-state index is 0. The van der Waals surface area contributed by atoms with Crippen LogP contribution < -0.4 is 20.1 Å². The van der Waals surface area contributed by atoms with Crippen LogP contribution in [0, 0.1) is 0 Å². The quantitative estimate of drug-likeness (QED) is 0.816. The Balaban J connectivity index is 0.00000288. The molecule has 1 aromatic carbocycles. The highest BCUT2D eigenvalue weighted by Gasteiger charge is 2.26. The van der Waals surface area contributed by atoms with Crippen LogP contribution >= 0.6 is 12.4 Å². The Hall–Kier alpha value is -1.50. The number of hydrogen-bond donors (Lipinski definition) is 2. The number of rotatable bonds is 6. The molecule has 0 radical (unpaired) electrons. The lowest BCUT2D eigenvalue weighted by atomic mass is 10.0. The Labute approximate surface area is 150 Å². The molecule has 2 unspecified atom stereocenters. The fraction of sp³-hybridized carbons (Fsp3) is 0.588. The highest BCUT2D eigenvalue weighted by atomic mass is 35.5. The van der Waals surface area contributed by atoms with Crippen LogP contribution in [-0.4, -0.2) is 57.2 Å². The summed E-state index contributed by atoms with van der Waals surface area (Å²) in [5.41, 5.74) is 0.710. The van der Waals surface area contributed by atoms with Crippen LogP contribution in [0.1, 0.15) is 19.8 Å². The number of piperidine rings is 1. The van der Waals surface area contributed by atoms with Gasteiger partial charge in [-0.2, -0.15) is 0 Å². The normalized spacial score (nSPS) is 19.1. The third-order valence-electron chi connectivity index (χ3n) is 4.44. The topological polar surface area (TPSA) is 62.8 Å². The molecule has 2 N–H and O–H groups in total. The molecule has 1 saturated heterocycles. The van der Waals surface area contributed by atoms with Crippen LogP contribution in [0.3, 0.4) is 0 Å². The lowest BCUT2D eigenvalue weighted by Crippen LogP contribution is -2.51. The standard InChI is InChI=1S/C17H27N3O3.ClH/c1-12(20-9-5-6-14(11-20)18-2)17(21)19-13-7-8-15(22-3)16(10-13)23-4;/h7-8,10,12,14,18H,5-6,9,11H2,1-4H3,(H,19,21);1H. The van der Waals surface area contributed by atoms with E-state index in [1.165, 1.54) is 0 Å². The number of hydrogen-bond acceptors (Lipinski definition) is 5. The van der Waals surface area contributed by atoms with Gasteiger partial charge < -0.3 is 20.1 Å². The van der Waals surface area contributed by atoms with Crippen LogP contribution in [0.2, 0.25) is 0 Å². The molecule has 24 heavy (non-hydrogen) atoms. The maximum atomic E-state index is 12.5. The molecule has 6 nitrogen and oxygen atoms in total. The molecule has 0 bridgehead atoms. The minimum Gasteiger partial charge on any atom is -0.493 e. The van der Waals surface area contributed by atoms with Crippen molar-refractivity contribution in [2.24, 2.45) is 0 Å². The lowest BCUT2D eigenvalue weighted by Gasteiger charge is -2.35. The summed E-state index contributed by atoms with van der Waals surface area (Å²) in [6.45, 7) is 3.81. The first-order valence-electron chi connectivity index (χ1n) is 8.03. The molecule has 0 aliphatic carbocycles. The number of likely N-dealkylation sites (N-methyl/N-ethyl adjacent to an activating group) is 1. The van der Waals surface area contributed by atoms with Gasteiger partial charge in [0.15, 0.2) is 11.5 Å². The fourth-order valence-electron chi connectivity index (χ4n) is 2.92. The van der Waals surface area contributed by atoms with E-state index in [4.69, 9.17) is 9.47 Å². The second-order valence-electron chi connectivity index (χ2n) is 5.86. The van der Waals surface area contributed by atoms with Gasteiger partial charge in [-0.25, -0.2) is 0 Å². The number of carbonyl (C=O) groups excluding carboxylic acids is 1. The SMILES string of the molecule is CNC1CCCN(C(C)C(=O)Nc2ccc(OC)c(OC)c2)C1.Cl. The van der Waals surface area contributed by atoms with Crippen molar-refractivity contribution in [1.82, 2.24) is 10.2 Å². The van der Waals surface area contributed by atoms with Gasteiger partial charge in [-0.15, -0.1) is 12.4 Å². The predicted molar refractivity (Wildman–Crippen MR) is 98.5 cm³/mol. The second-order valence-corrected chi connectivity index (χ2v) is 5.86. The van der Waals surface area contributed by atoms with Gasteiger partial charge in [0.2, 0.25) is 5.91 Å². The molecule has 1 heterocycles. The monoisotopic (exact) mass is 357 g/mol. The van der Waals surface area contributed by atoms with E-state index in [1.54, 1.807) is 26.4 Å². The van der Waals surface area contributed by atoms with E-state index in [-0.39, 0.29) is 24.4 Å². The van der Waals surface area contributed by atoms with E-state index in [0.717, 1.165) is 25.9 Å². The summed E-state index contributed by atoms with van der Waals surface area (Å²) in [5.74, 6) is 1.24. The number of benzene rings is 1. The Morgan fingerprint density at radius 3 is 2.62 bits per heavy atom. The number of nitrogens with one attached hydrogen (secondary N) is 2. The average molecular weight is 358 g/mol. The molecule has 136 valence electrons. The largest absolute Gasteiger partial charge is 0.493 e. The molecule has 1 aliphatic heterocycles. The van der Waals surface area contributed by atoms with Gasteiger partial charge in [-0.05, 0) is 45.5 Å². The van der Waals surface area contributed by atoms with Crippen molar-refractivity contribution in [1.29, 1.82) is 0 Å². The number of nitrogens with zero attached hydrogens (tertiary/aromatic N) is 1. The number of ether oxygens (including phenoxy) is 2. The number of carbonyl (C=O) groups is 1. The molecule has 2 rings (SSSR count). The first kappa shape index (κ1) is 20.5. The molecule has 7 heteroatoms. The number of halogens is 1. The van der Waals surface area contributed by atoms with Gasteiger partial charge >= 0.3 is 0 Å². The first-order valence-corrected chi connectivity index (χ1v) is 8.03. The summed E-state index contributed by atoms with van der Waals surface area (Å²) in [6.07, 6.45) is 2.27. The van der Waals surface area contributed by atoms with Crippen molar-refractivity contribution in [3.8, 4) is 11.5 Å². The zero-order valence-electron chi connectivity index (χ0n) is 14.8. The van der Waals surface area contributed by atoms with Crippen molar-refractivity contribution in [2.75, 3.05) is 39.7 Å². The maximum absolute atomic E-state index is 12.5. The highest BCUT2D eigenvalue weighted by Crippen LogP contribution is 2.29.